The summed E-state index contributed by atoms with van der Waals surface area (Å²) in [5.74, 6) is 1.80. The van der Waals surface area contributed by atoms with Crippen LogP contribution in [0.3, 0.4) is 0 Å². The van der Waals surface area contributed by atoms with E-state index in [9.17, 15) is 4.79 Å². The summed E-state index contributed by atoms with van der Waals surface area (Å²) in [5.41, 5.74) is 1.97. The van der Waals surface area contributed by atoms with E-state index in [4.69, 9.17) is 0 Å². The molecule has 2 aliphatic rings. The standard InChI is InChI=1S/C20H23N3O/c1-20(2)13-23(12-17(20)14-6-4-3-5-7-14)19(24)16-10-21-18(22-11-16)15-8-9-15/h3-7,10-11,15,17H,8-9,12-13H2,1-2H3/t17-/m0/s1. The summed E-state index contributed by atoms with van der Waals surface area (Å²) in [6.45, 7) is 5.99. The van der Waals surface area contributed by atoms with Crippen LogP contribution in [0.15, 0.2) is 42.7 Å². The topological polar surface area (TPSA) is 46.1 Å². The van der Waals surface area contributed by atoms with Crippen LogP contribution in [-0.4, -0.2) is 33.9 Å². The first kappa shape index (κ1) is 15.3. The van der Waals surface area contributed by atoms with E-state index in [-0.39, 0.29) is 11.3 Å². The third kappa shape index (κ3) is 2.81. The molecule has 2 heterocycles. The van der Waals surface area contributed by atoms with Gasteiger partial charge in [0.25, 0.3) is 5.91 Å². The highest BCUT2D eigenvalue weighted by atomic mass is 16.2. The van der Waals surface area contributed by atoms with Gasteiger partial charge in [0.05, 0.1) is 5.56 Å². The first-order valence-corrected chi connectivity index (χ1v) is 8.71. The molecule has 4 heteroatoms. The molecule has 2 fully saturated rings. The van der Waals surface area contributed by atoms with E-state index in [2.05, 4.69) is 48.1 Å². The summed E-state index contributed by atoms with van der Waals surface area (Å²) in [6.07, 6.45) is 5.75. The second-order valence-corrected chi connectivity index (χ2v) is 7.74. The number of hydrogen-bond acceptors (Lipinski definition) is 3. The molecule has 1 aromatic carbocycles. The number of nitrogens with zero attached hydrogens (tertiary/aromatic N) is 3. The van der Waals surface area contributed by atoms with E-state index in [1.54, 1.807) is 12.4 Å². The molecule has 1 saturated heterocycles. The predicted octanol–water partition coefficient (Wildman–Crippen LogP) is 3.62. The Balaban J connectivity index is 1.53. The number of amides is 1. The van der Waals surface area contributed by atoms with Crippen molar-refractivity contribution in [1.29, 1.82) is 0 Å². The van der Waals surface area contributed by atoms with Gasteiger partial charge in [-0.15, -0.1) is 0 Å². The number of aromatic nitrogens is 2. The second-order valence-electron chi connectivity index (χ2n) is 7.74. The van der Waals surface area contributed by atoms with E-state index in [0.717, 1.165) is 18.9 Å². The molecule has 1 aliphatic carbocycles. The zero-order valence-corrected chi connectivity index (χ0v) is 14.3. The fraction of sp³-hybridized carbons (Fsp3) is 0.450. The van der Waals surface area contributed by atoms with Gasteiger partial charge in [0.2, 0.25) is 0 Å². The number of likely N-dealkylation sites (tertiary alicyclic amines) is 1. The molecular weight excluding hydrogens is 298 g/mol. The Morgan fingerprint density at radius 3 is 2.42 bits per heavy atom. The first-order valence-electron chi connectivity index (χ1n) is 8.71. The minimum Gasteiger partial charge on any atom is -0.337 e. The van der Waals surface area contributed by atoms with Crippen LogP contribution < -0.4 is 0 Å². The third-order valence-corrected chi connectivity index (χ3v) is 5.30. The molecule has 0 bridgehead atoms. The van der Waals surface area contributed by atoms with Crippen LogP contribution in [-0.2, 0) is 0 Å². The molecule has 4 rings (SSSR count). The summed E-state index contributed by atoms with van der Waals surface area (Å²) in [6, 6.07) is 10.5. The quantitative estimate of drug-likeness (QED) is 0.867. The largest absolute Gasteiger partial charge is 0.337 e. The normalized spacial score (nSPS) is 22.6. The van der Waals surface area contributed by atoms with Gasteiger partial charge in [0.15, 0.2) is 0 Å². The van der Waals surface area contributed by atoms with Crippen molar-refractivity contribution in [3.05, 3.63) is 59.7 Å². The lowest BCUT2D eigenvalue weighted by Gasteiger charge is -2.25. The smallest absolute Gasteiger partial charge is 0.257 e. The van der Waals surface area contributed by atoms with E-state index in [1.165, 1.54) is 18.4 Å². The van der Waals surface area contributed by atoms with Gasteiger partial charge in [-0.3, -0.25) is 4.79 Å². The van der Waals surface area contributed by atoms with Gasteiger partial charge in [-0.1, -0.05) is 44.2 Å². The maximum absolute atomic E-state index is 12.9. The molecule has 24 heavy (non-hydrogen) atoms. The van der Waals surface area contributed by atoms with E-state index < -0.39 is 0 Å². The highest BCUT2D eigenvalue weighted by Gasteiger charge is 2.42. The Labute approximate surface area is 142 Å². The number of carbonyl (C=O) groups is 1. The van der Waals surface area contributed by atoms with Gasteiger partial charge < -0.3 is 4.90 Å². The highest BCUT2D eigenvalue weighted by molar-refractivity contribution is 5.94. The van der Waals surface area contributed by atoms with Crippen LogP contribution in [0.5, 0.6) is 0 Å². The monoisotopic (exact) mass is 321 g/mol. The average molecular weight is 321 g/mol. The molecule has 1 aliphatic heterocycles. The lowest BCUT2D eigenvalue weighted by Crippen LogP contribution is -2.30. The van der Waals surface area contributed by atoms with Crippen LogP contribution in [0, 0.1) is 5.41 Å². The summed E-state index contributed by atoms with van der Waals surface area (Å²) in [7, 11) is 0. The molecule has 4 nitrogen and oxygen atoms in total. The summed E-state index contributed by atoms with van der Waals surface area (Å²) >= 11 is 0. The Morgan fingerprint density at radius 1 is 1.12 bits per heavy atom. The van der Waals surface area contributed by atoms with Gasteiger partial charge >= 0.3 is 0 Å². The molecular formula is C20H23N3O. The van der Waals surface area contributed by atoms with Crippen LogP contribution >= 0.6 is 0 Å². The first-order chi connectivity index (χ1) is 11.5. The third-order valence-electron chi connectivity index (χ3n) is 5.30. The Hall–Kier alpha value is -2.23. The molecule has 124 valence electrons. The van der Waals surface area contributed by atoms with Crippen molar-refractivity contribution in [2.45, 2.75) is 38.5 Å². The van der Waals surface area contributed by atoms with Crippen LogP contribution in [0.2, 0.25) is 0 Å². The number of hydrogen-bond donors (Lipinski definition) is 0. The zero-order valence-electron chi connectivity index (χ0n) is 14.3. The average Bonchev–Trinajstić information content (AvgIpc) is 3.39. The van der Waals surface area contributed by atoms with Gasteiger partial charge in [-0.25, -0.2) is 9.97 Å². The minimum absolute atomic E-state index is 0.0452. The van der Waals surface area contributed by atoms with Crippen LogP contribution in [0.4, 0.5) is 0 Å². The molecule has 1 atom stereocenters. The molecule has 0 N–H and O–H groups in total. The Kier molecular flexibility index (Phi) is 3.63. The molecule has 0 spiro atoms. The minimum atomic E-state index is 0.0452. The lowest BCUT2D eigenvalue weighted by molar-refractivity contribution is 0.0777. The Morgan fingerprint density at radius 2 is 1.79 bits per heavy atom. The van der Waals surface area contributed by atoms with Crippen molar-refractivity contribution in [2.75, 3.05) is 13.1 Å². The van der Waals surface area contributed by atoms with Crippen LogP contribution in [0.25, 0.3) is 0 Å². The van der Waals surface area contributed by atoms with Gasteiger partial charge in [-0.05, 0) is 23.8 Å². The maximum atomic E-state index is 12.9. The van der Waals surface area contributed by atoms with Gasteiger partial charge in [0.1, 0.15) is 5.82 Å². The Bertz CT molecular complexity index is 735. The van der Waals surface area contributed by atoms with Crippen molar-refractivity contribution in [3.63, 3.8) is 0 Å². The fourth-order valence-electron chi connectivity index (χ4n) is 3.71. The molecule has 0 radical (unpaired) electrons. The molecule has 1 saturated carbocycles. The zero-order chi connectivity index (χ0) is 16.7. The number of benzene rings is 1. The van der Waals surface area contributed by atoms with E-state index in [0.29, 0.717) is 17.4 Å². The molecule has 1 amide bonds. The number of carbonyl (C=O) groups excluding carboxylic acids is 1. The van der Waals surface area contributed by atoms with E-state index >= 15 is 0 Å². The fourth-order valence-corrected chi connectivity index (χ4v) is 3.71. The second kappa shape index (κ2) is 5.69. The van der Waals surface area contributed by atoms with Crippen LogP contribution in [0.1, 0.15) is 60.3 Å². The van der Waals surface area contributed by atoms with Crippen molar-refractivity contribution >= 4 is 5.91 Å². The van der Waals surface area contributed by atoms with Crippen molar-refractivity contribution in [1.82, 2.24) is 14.9 Å². The summed E-state index contributed by atoms with van der Waals surface area (Å²) < 4.78 is 0. The van der Waals surface area contributed by atoms with Crippen molar-refractivity contribution < 1.29 is 4.79 Å². The number of rotatable bonds is 3. The van der Waals surface area contributed by atoms with Gasteiger partial charge in [0, 0.05) is 37.3 Å². The molecule has 2 aromatic rings. The van der Waals surface area contributed by atoms with Crippen molar-refractivity contribution in [2.24, 2.45) is 5.41 Å². The predicted molar refractivity (Wildman–Crippen MR) is 92.9 cm³/mol. The molecule has 0 unspecified atom stereocenters. The lowest BCUT2D eigenvalue weighted by atomic mass is 9.78. The van der Waals surface area contributed by atoms with Gasteiger partial charge in [-0.2, -0.15) is 0 Å². The SMILES string of the molecule is CC1(C)CN(C(=O)c2cnc(C3CC3)nc2)C[C@H]1c1ccccc1. The van der Waals surface area contributed by atoms with Crippen molar-refractivity contribution in [3.8, 4) is 0 Å². The summed E-state index contributed by atoms with van der Waals surface area (Å²) in [5, 5.41) is 0. The van der Waals surface area contributed by atoms with E-state index in [1.807, 2.05) is 11.0 Å². The highest BCUT2D eigenvalue weighted by Crippen LogP contribution is 2.42. The maximum Gasteiger partial charge on any atom is 0.257 e. The summed E-state index contributed by atoms with van der Waals surface area (Å²) in [4.78, 5) is 23.6. The molecule has 1 aromatic heterocycles.